The third-order valence-corrected chi connectivity index (χ3v) is 4.60. The van der Waals surface area contributed by atoms with Crippen molar-refractivity contribution in [1.29, 1.82) is 0 Å². The first kappa shape index (κ1) is 20.5. The minimum atomic E-state index is -0.469. The first-order valence-corrected chi connectivity index (χ1v) is 9.66. The Labute approximate surface area is 171 Å². The van der Waals surface area contributed by atoms with E-state index in [9.17, 15) is 4.79 Å². The highest BCUT2D eigenvalue weighted by Gasteiger charge is 2.23. The molecule has 0 bridgehead atoms. The summed E-state index contributed by atoms with van der Waals surface area (Å²) in [5, 5.41) is 11.0. The molecule has 0 saturated carbocycles. The molecule has 6 heteroatoms. The number of rotatable bonds is 6. The van der Waals surface area contributed by atoms with Crippen molar-refractivity contribution >= 4 is 17.4 Å². The Bertz CT molecular complexity index is 974. The fraction of sp³-hybridized carbons (Fsp3) is 0.304. The number of amides is 1. The third-order valence-electron chi connectivity index (χ3n) is 4.60. The van der Waals surface area contributed by atoms with E-state index < -0.39 is 6.04 Å². The van der Waals surface area contributed by atoms with Gasteiger partial charge in [-0.25, -0.2) is 4.68 Å². The minimum absolute atomic E-state index is 0.138. The average molecular weight is 393 g/mol. The first-order chi connectivity index (χ1) is 13.8. The molecule has 1 amide bonds. The first-order valence-electron chi connectivity index (χ1n) is 9.66. The average Bonchev–Trinajstić information content (AvgIpc) is 3.13. The Morgan fingerprint density at radius 2 is 1.72 bits per heavy atom. The number of hydrogen-bond acceptors (Lipinski definition) is 4. The third kappa shape index (κ3) is 4.77. The van der Waals surface area contributed by atoms with Crippen LogP contribution in [0.2, 0.25) is 0 Å². The van der Waals surface area contributed by atoms with E-state index in [0.29, 0.717) is 11.6 Å². The van der Waals surface area contributed by atoms with Gasteiger partial charge in [0, 0.05) is 11.5 Å². The molecule has 0 aliphatic carbocycles. The molecule has 0 fully saturated rings. The van der Waals surface area contributed by atoms with Gasteiger partial charge in [0.25, 0.3) is 0 Å². The Balaban J connectivity index is 1.85. The number of hydrogen-bond donors (Lipinski definition) is 2. The summed E-state index contributed by atoms with van der Waals surface area (Å²) in [6, 6.07) is 18.8. The Morgan fingerprint density at radius 3 is 2.38 bits per heavy atom. The van der Waals surface area contributed by atoms with E-state index in [-0.39, 0.29) is 11.3 Å². The second-order valence-corrected chi connectivity index (χ2v) is 7.97. The van der Waals surface area contributed by atoms with Crippen LogP contribution in [0.15, 0.2) is 60.7 Å². The number of nitrogens with one attached hydrogen (secondary N) is 2. The Hall–Kier alpha value is -3.28. The highest BCUT2D eigenvalue weighted by atomic mass is 16.5. The van der Waals surface area contributed by atoms with Crippen LogP contribution in [0.4, 0.5) is 11.5 Å². The van der Waals surface area contributed by atoms with Gasteiger partial charge in [0.1, 0.15) is 17.6 Å². The van der Waals surface area contributed by atoms with Gasteiger partial charge in [0.15, 0.2) is 0 Å². The second kappa shape index (κ2) is 8.39. The lowest BCUT2D eigenvalue weighted by atomic mass is 9.92. The van der Waals surface area contributed by atoms with Gasteiger partial charge in [-0.2, -0.15) is 5.10 Å². The van der Waals surface area contributed by atoms with Gasteiger partial charge >= 0.3 is 0 Å². The molecule has 2 N–H and O–H groups in total. The van der Waals surface area contributed by atoms with E-state index in [1.54, 1.807) is 11.8 Å². The lowest BCUT2D eigenvalue weighted by Crippen LogP contribution is -2.32. The van der Waals surface area contributed by atoms with Gasteiger partial charge in [0.2, 0.25) is 5.91 Å². The predicted molar refractivity (Wildman–Crippen MR) is 117 cm³/mol. The summed E-state index contributed by atoms with van der Waals surface area (Å²) >= 11 is 0. The molecule has 1 aromatic heterocycles. The van der Waals surface area contributed by atoms with E-state index in [0.717, 1.165) is 17.1 Å². The standard InChI is InChI=1S/C23H28N4O2/c1-16(24-18-13-9-10-14-19(18)29-5)22(28)25-21-15-20(23(2,3)4)26-27(21)17-11-7-6-8-12-17/h6-16,24H,1-5H3,(H,25,28). The van der Waals surface area contributed by atoms with Crippen LogP contribution >= 0.6 is 0 Å². The summed E-state index contributed by atoms with van der Waals surface area (Å²) in [5.74, 6) is 1.17. The summed E-state index contributed by atoms with van der Waals surface area (Å²) < 4.78 is 7.13. The van der Waals surface area contributed by atoms with Crippen molar-refractivity contribution in [3.05, 3.63) is 66.4 Å². The molecule has 0 aliphatic heterocycles. The van der Waals surface area contributed by atoms with E-state index in [1.807, 2.05) is 67.6 Å². The van der Waals surface area contributed by atoms with E-state index in [1.165, 1.54) is 0 Å². The van der Waals surface area contributed by atoms with E-state index in [2.05, 4.69) is 31.4 Å². The molecule has 0 radical (unpaired) electrons. The predicted octanol–water partition coefficient (Wildman–Crippen LogP) is 4.62. The van der Waals surface area contributed by atoms with Crippen LogP contribution in [0, 0.1) is 0 Å². The van der Waals surface area contributed by atoms with E-state index in [4.69, 9.17) is 9.84 Å². The maximum atomic E-state index is 12.9. The molecule has 0 spiro atoms. The van der Waals surface area contributed by atoms with Gasteiger partial charge < -0.3 is 15.4 Å². The second-order valence-electron chi connectivity index (χ2n) is 7.97. The molecular weight excluding hydrogens is 364 g/mol. The number of ether oxygens (including phenoxy) is 1. The van der Waals surface area contributed by atoms with Crippen molar-refractivity contribution in [2.24, 2.45) is 0 Å². The molecule has 3 aromatic rings. The summed E-state index contributed by atoms with van der Waals surface area (Å²) in [6.45, 7) is 8.11. The number of methoxy groups -OCH3 is 1. The van der Waals surface area contributed by atoms with Crippen LogP contribution in [-0.4, -0.2) is 28.8 Å². The molecule has 3 rings (SSSR count). The van der Waals surface area contributed by atoms with Gasteiger partial charge in [-0.3, -0.25) is 4.79 Å². The number of benzene rings is 2. The summed E-state index contributed by atoms with van der Waals surface area (Å²) in [7, 11) is 1.61. The summed E-state index contributed by atoms with van der Waals surface area (Å²) in [6.07, 6.45) is 0. The highest BCUT2D eigenvalue weighted by Crippen LogP contribution is 2.27. The lowest BCUT2D eigenvalue weighted by Gasteiger charge is -2.17. The zero-order valence-electron chi connectivity index (χ0n) is 17.6. The number of anilines is 2. The summed E-state index contributed by atoms with van der Waals surface area (Å²) in [4.78, 5) is 12.9. The van der Waals surface area contributed by atoms with Crippen LogP contribution in [0.25, 0.3) is 5.69 Å². The van der Waals surface area contributed by atoms with Gasteiger partial charge in [-0.1, -0.05) is 51.1 Å². The number of para-hydroxylation sites is 3. The molecule has 29 heavy (non-hydrogen) atoms. The molecule has 152 valence electrons. The molecule has 0 saturated heterocycles. The lowest BCUT2D eigenvalue weighted by molar-refractivity contribution is -0.116. The van der Waals surface area contributed by atoms with Gasteiger partial charge in [0.05, 0.1) is 24.2 Å². The normalized spacial score (nSPS) is 12.3. The molecule has 0 aliphatic rings. The maximum Gasteiger partial charge on any atom is 0.247 e. The van der Waals surface area contributed by atoms with Crippen LogP contribution in [0.3, 0.4) is 0 Å². The number of nitrogens with zero attached hydrogens (tertiary/aromatic N) is 2. The molecule has 2 aromatic carbocycles. The monoisotopic (exact) mass is 392 g/mol. The Kier molecular flexibility index (Phi) is 5.92. The van der Waals surface area contributed by atoms with Gasteiger partial charge in [-0.05, 0) is 31.2 Å². The molecular formula is C23H28N4O2. The zero-order chi connectivity index (χ0) is 21.0. The van der Waals surface area contributed by atoms with Crippen molar-refractivity contribution in [3.8, 4) is 11.4 Å². The van der Waals surface area contributed by atoms with Crippen LogP contribution in [-0.2, 0) is 10.2 Å². The number of aromatic nitrogens is 2. The van der Waals surface area contributed by atoms with Crippen molar-refractivity contribution in [1.82, 2.24) is 9.78 Å². The maximum absolute atomic E-state index is 12.9. The van der Waals surface area contributed by atoms with Crippen LogP contribution in [0.1, 0.15) is 33.4 Å². The Morgan fingerprint density at radius 1 is 1.07 bits per heavy atom. The van der Waals surface area contributed by atoms with Crippen LogP contribution < -0.4 is 15.4 Å². The SMILES string of the molecule is COc1ccccc1NC(C)C(=O)Nc1cc(C(C)(C)C)nn1-c1ccccc1. The van der Waals surface area contributed by atoms with Crippen molar-refractivity contribution in [3.63, 3.8) is 0 Å². The van der Waals surface area contributed by atoms with Crippen molar-refractivity contribution in [2.45, 2.75) is 39.2 Å². The quantitative estimate of drug-likeness (QED) is 0.642. The highest BCUT2D eigenvalue weighted by molar-refractivity contribution is 5.96. The van der Waals surface area contributed by atoms with Gasteiger partial charge in [-0.15, -0.1) is 0 Å². The summed E-state index contributed by atoms with van der Waals surface area (Å²) in [5.41, 5.74) is 2.43. The van der Waals surface area contributed by atoms with Crippen molar-refractivity contribution < 1.29 is 9.53 Å². The number of carbonyl (C=O) groups is 1. The van der Waals surface area contributed by atoms with Crippen LogP contribution in [0.5, 0.6) is 5.75 Å². The topological polar surface area (TPSA) is 68.2 Å². The number of carbonyl (C=O) groups excluding carboxylic acids is 1. The molecule has 1 heterocycles. The molecule has 1 unspecified atom stereocenters. The largest absolute Gasteiger partial charge is 0.495 e. The molecule has 1 atom stereocenters. The van der Waals surface area contributed by atoms with Crippen molar-refractivity contribution in [2.75, 3.05) is 17.7 Å². The smallest absolute Gasteiger partial charge is 0.247 e. The fourth-order valence-electron chi connectivity index (χ4n) is 2.90. The van der Waals surface area contributed by atoms with E-state index >= 15 is 0 Å². The fourth-order valence-corrected chi connectivity index (χ4v) is 2.90. The molecule has 6 nitrogen and oxygen atoms in total. The zero-order valence-corrected chi connectivity index (χ0v) is 17.6. The minimum Gasteiger partial charge on any atom is -0.495 e.